The Morgan fingerprint density at radius 3 is 2.55 bits per heavy atom. The molecule has 3 aromatic heterocycles. The van der Waals surface area contributed by atoms with E-state index >= 15 is 0 Å². The minimum atomic E-state index is -0.437. The minimum absolute atomic E-state index is 0.119. The van der Waals surface area contributed by atoms with Gasteiger partial charge in [0.15, 0.2) is 5.82 Å². The number of aromatic amines is 1. The van der Waals surface area contributed by atoms with Crippen LogP contribution in [0, 0.1) is 0 Å². The van der Waals surface area contributed by atoms with Gasteiger partial charge in [0.05, 0.1) is 5.54 Å². The van der Waals surface area contributed by atoms with Crippen LogP contribution in [0.15, 0.2) is 76.9 Å². The summed E-state index contributed by atoms with van der Waals surface area (Å²) in [5.41, 5.74) is 3.48. The highest BCUT2D eigenvalue weighted by Gasteiger charge is 2.33. The molecule has 8 heteroatoms. The lowest BCUT2D eigenvalue weighted by molar-refractivity contribution is 0.196. The van der Waals surface area contributed by atoms with Crippen molar-refractivity contribution in [1.29, 1.82) is 0 Å². The summed E-state index contributed by atoms with van der Waals surface area (Å²) in [5, 5.41) is 16.1. The van der Waals surface area contributed by atoms with Crippen LogP contribution in [0.3, 0.4) is 0 Å². The normalized spacial score (nSPS) is 12.9. The molecule has 7 nitrogen and oxygen atoms in total. The van der Waals surface area contributed by atoms with Crippen molar-refractivity contribution >= 4 is 22.2 Å². The number of aryl methyl sites for hydroxylation is 1. The monoisotopic (exact) mass is 526 g/mol. The maximum Gasteiger partial charge on any atom is 0.253 e. The first kappa shape index (κ1) is 26.0. The second-order valence-electron chi connectivity index (χ2n) is 10.6. The highest BCUT2D eigenvalue weighted by molar-refractivity contribution is 7.09. The van der Waals surface area contributed by atoms with Crippen molar-refractivity contribution in [3.05, 3.63) is 110 Å². The summed E-state index contributed by atoms with van der Waals surface area (Å²) in [5.74, 6) is 0.665. The Kier molecular flexibility index (Phi) is 7.53. The molecule has 196 valence electrons. The predicted octanol–water partition coefficient (Wildman–Crippen LogP) is 5.73. The van der Waals surface area contributed by atoms with Crippen LogP contribution < -0.4 is 5.56 Å². The molecule has 0 aliphatic rings. The molecule has 0 fully saturated rings. The molecule has 1 N–H and O–H groups in total. The van der Waals surface area contributed by atoms with Crippen molar-refractivity contribution in [3.63, 3.8) is 0 Å². The number of benzene rings is 2. The third-order valence-electron chi connectivity index (χ3n) is 6.85. The van der Waals surface area contributed by atoms with Crippen molar-refractivity contribution in [1.82, 2.24) is 30.1 Å². The van der Waals surface area contributed by atoms with Crippen LogP contribution in [0.4, 0.5) is 0 Å². The van der Waals surface area contributed by atoms with E-state index in [0.29, 0.717) is 17.9 Å². The first-order valence-electron chi connectivity index (χ1n) is 13.1. The van der Waals surface area contributed by atoms with Crippen LogP contribution in [0.5, 0.6) is 0 Å². The molecule has 0 spiro atoms. The number of hydrogen-bond acceptors (Lipinski definition) is 6. The highest BCUT2D eigenvalue weighted by atomic mass is 32.1. The van der Waals surface area contributed by atoms with E-state index in [1.165, 1.54) is 16.0 Å². The number of rotatable bonds is 9. The second kappa shape index (κ2) is 11.0. The number of nitrogens with one attached hydrogen (secondary N) is 1. The summed E-state index contributed by atoms with van der Waals surface area (Å²) >= 11 is 1.72. The second-order valence-corrected chi connectivity index (χ2v) is 11.7. The number of hydrogen-bond donors (Lipinski definition) is 1. The molecule has 38 heavy (non-hydrogen) atoms. The van der Waals surface area contributed by atoms with Crippen molar-refractivity contribution in [2.75, 3.05) is 6.54 Å². The number of tetrazole rings is 1. The van der Waals surface area contributed by atoms with Gasteiger partial charge in [-0.2, -0.15) is 0 Å². The van der Waals surface area contributed by atoms with Crippen molar-refractivity contribution in [2.45, 2.75) is 58.7 Å². The lowest BCUT2D eigenvalue weighted by Crippen LogP contribution is -2.38. The summed E-state index contributed by atoms with van der Waals surface area (Å²) in [6.07, 6.45) is 1.77. The molecule has 0 bridgehead atoms. The first-order valence-corrected chi connectivity index (χ1v) is 14.0. The Morgan fingerprint density at radius 1 is 1.03 bits per heavy atom. The van der Waals surface area contributed by atoms with Gasteiger partial charge in [-0.15, -0.1) is 16.4 Å². The summed E-state index contributed by atoms with van der Waals surface area (Å²) < 4.78 is 1.85. The smallest absolute Gasteiger partial charge is 0.253 e. The lowest BCUT2D eigenvalue weighted by Gasteiger charge is -2.32. The topological polar surface area (TPSA) is 79.7 Å². The number of thiophene rings is 1. The van der Waals surface area contributed by atoms with Gasteiger partial charge in [0.25, 0.3) is 5.56 Å². The zero-order valence-electron chi connectivity index (χ0n) is 22.4. The van der Waals surface area contributed by atoms with Gasteiger partial charge in [0, 0.05) is 29.0 Å². The van der Waals surface area contributed by atoms with Gasteiger partial charge in [-0.05, 0) is 90.2 Å². The van der Waals surface area contributed by atoms with E-state index in [4.69, 9.17) is 0 Å². The zero-order chi connectivity index (χ0) is 26.7. The zero-order valence-corrected chi connectivity index (χ0v) is 23.2. The average molecular weight is 527 g/mol. The van der Waals surface area contributed by atoms with Crippen LogP contribution in [0.25, 0.3) is 10.9 Å². The van der Waals surface area contributed by atoms with Gasteiger partial charge in [0.2, 0.25) is 0 Å². The van der Waals surface area contributed by atoms with E-state index < -0.39 is 6.04 Å². The summed E-state index contributed by atoms with van der Waals surface area (Å²) in [6.45, 7) is 9.79. The van der Waals surface area contributed by atoms with E-state index in [1.54, 1.807) is 11.3 Å². The number of fused-ring (bicyclic) bond motifs is 1. The van der Waals surface area contributed by atoms with Gasteiger partial charge >= 0.3 is 0 Å². The number of H-pyrrole nitrogens is 1. The highest BCUT2D eigenvalue weighted by Crippen LogP contribution is 2.31. The van der Waals surface area contributed by atoms with E-state index in [2.05, 4.69) is 107 Å². The fourth-order valence-corrected chi connectivity index (χ4v) is 5.59. The maximum atomic E-state index is 13.7. The van der Waals surface area contributed by atoms with Gasteiger partial charge in [-0.1, -0.05) is 49.4 Å². The number of pyridine rings is 1. The Bertz CT molecular complexity index is 1550. The van der Waals surface area contributed by atoms with Gasteiger partial charge < -0.3 is 4.98 Å². The molecule has 3 heterocycles. The Morgan fingerprint density at radius 2 is 1.84 bits per heavy atom. The Hall–Kier alpha value is -3.62. The molecule has 0 saturated heterocycles. The van der Waals surface area contributed by atoms with E-state index in [0.717, 1.165) is 30.3 Å². The molecule has 2 aromatic carbocycles. The van der Waals surface area contributed by atoms with Crippen LogP contribution in [0.2, 0.25) is 0 Å². The van der Waals surface area contributed by atoms with E-state index in [1.807, 2.05) is 22.9 Å². The fraction of sp³-hybridized carbons (Fsp3) is 0.333. The van der Waals surface area contributed by atoms with Crippen LogP contribution in [-0.2, 0) is 24.9 Å². The summed E-state index contributed by atoms with van der Waals surface area (Å²) in [6, 6.07) is 22.5. The molecular formula is C30H34N6OS. The molecule has 0 aliphatic carbocycles. The van der Waals surface area contributed by atoms with Gasteiger partial charge in [-0.25, -0.2) is 4.68 Å². The maximum absolute atomic E-state index is 13.7. The number of nitrogens with zero attached hydrogens (tertiary/aromatic N) is 5. The van der Waals surface area contributed by atoms with Crippen LogP contribution >= 0.6 is 11.3 Å². The van der Waals surface area contributed by atoms with Gasteiger partial charge in [-0.3, -0.25) is 9.69 Å². The Labute approximate surface area is 227 Å². The van der Waals surface area contributed by atoms with Crippen molar-refractivity contribution in [3.8, 4) is 0 Å². The molecule has 0 unspecified atom stereocenters. The molecule has 0 amide bonds. The third kappa shape index (κ3) is 5.61. The molecule has 0 radical (unpaired) electrons. The van der Waals surface area contributed by atoms with Crippen LogP contribution in [0.1, 0.15) is 61.1 Å². The molecule has 5 aromatic rings. The van der Waals surface area contributed by atoms with Gasteiger partial charge in [0.1, 0.15) is 6.04 Å². The molecule has 1 atom stereocenters. The molecule has 0 saturated carbocycles. The lowest BCUT2D eigenvalue weighted by atomic mass is 10.00. The van der Waals surface area contributed by atoms with Crippen LogP contribution in [-0.4, -0.2) is 36.6 Å². The van der Waals surface area contributed by atoms with Crippen molar-refractivity contribution in [2.24, 2.45) is 0 Å². The van der Waals surface area contributed by atoms with E-state index in [9.17, 15) is 4.79 Å². The largest absolute Gasteiger partial charge is 0.322 e. The third-order valence-corrected chi connectivity index (χ3v) is 7.71. The summed E-state index contributed by atoms with van der Waals surface area (Å²) in [7, 11) is 0. The average Bonchev–Trinajstić information content (AvgIpc) is 3.60. The standard InChI is InChI=1S/C30H34N6OS/c1-5-21-13-14-26-23(18-21)19-25(29(37)31-26)27(28-32-33-34-36(28)30(2,3)4)35(20-24-12-9-17-38-24)16-15-22-10-7-6-8-11-22/h6-14,17-19,27H,5,15-16,20H2,1-4H3,(H,31,37)/t27-/m0/s1. The fourth-order valence-electron chi connectivity index (χ4n) is 4.86. The minimum Gasteiger partial charge on any atom is -0.322 e. The SMILES string of the molecule is CCc1ccc2[nH]c(=O)c([C@@H](c3nnnn3C(C)(C)C)N(CCc3ccccc3)Cc3cccs3)cc2c1. The quantitative estimate of drug-likeness (QED) is 0.265. The summed E-state index contributed by atoms with van der Waals surface area (Å²) in [4.78, 5) is 20.4. The molecule has 0 aliphatic heterocycles. The Balaban J connectivity index is 1.68. The van der Waals surface area contributed by atoms with Crippen molar-refractivity contribution < 1.29 is 0 Å². The molecule has 5 rings (SSSR count). The number of aromatic nitrogens is 5. The van der Waals surface area contributed by atoms with E-state index in [-0.39, 0.29) is 11.1 Å². The first-order chi connectivity index (χ1) is 18.3. The molecular weight excluding hydrogens is 492 g/mol. The predicted molar refractivity (Wildman–Crippen MR) is 153 cm³/mol.